The molecule has 4 aliphatic heterocycles. The number of hydrogen-bond acceptors (Lipinski definition) is 15. The number of benzene rings is 4. The first-order valence-corrected chi connectivity index (χ1v) is 26.0. The molecule has 5 N–H and O–H groups in total. The van der Waals surface area contributed by atoms with Crippen molar-refractivity contribution >= 4 is 90.6 Å². The van der Waals surface area contributed by atoms with Gasteiger partial charge in [0, 0.05) is 122 Å². The maximum absolute atomic E-state index is 12.3. The molecule has 0 aliphatic carbocycles. The summed E-state index contributed by atoms with van der Waals surface area (Å²) in [6.07, 6.45) is 12.6. The Hall–Kier alpha value is -8.45. The summed E-state index contributed by atoms with van der Waals surface area (Å²) in [5, 5.41) is 11.4. The standard InChI is InChI=1S/C29H31N7O2.C26H29N7O.C3H3ClO.CH4/c1-4-28(37)31-23-14-24(27(38-3)15-26(23)36-16-19(17-36)35-12-7-13-35)33-29-30-11-10-22(32-29)21-18-34(2)25-9-6-5-8-20(21)25;1-31-16-19(18-6-3-4-7-23(18)31)21-8-9-28-26(29-21)30-22-12-20(27)24(13-25(22)34-2)33-14-17(15-33)32-10-5-11-32;1-2-3(4)5;/h4-6,8-11,14-15,18-19H,1,7,12-13,16-17H2,2-3H3,(H,31,37)(H,30,32,33);3-4,6-9,12-13,16-17H,5,10-11,14-15,27H2,1-2H3,(H,28,29,30);2H,1H2;1H4. The maximum atomic E-state index is 12.3. The summed E-state index contributed by atoms with van der Waals surface area (Å²) < 4.78 is 15.7. The van der Waals surface area contributed by atoms with Gasteiger partial charge in [0.25, 0.3) is 0 Å². The van der Waals surface area contributed by atoms with E-state index in [0.29, 0.717) is 41.1 Å². The smallest absolute Gasteiger partial charge is 0.247 e. The van der Waals surface area contributed by atoms with Crippen LogP contribution in [0.2, 0.25) is 0 Å². The van der Waals surface area contributed by atoms with Crippen molar-refractivity contribution in [1.29, 1.82) is 0 Å². The Morgan fingerprint density at radius 2 is 1.10 bits per heavy atom. The number of nitrogens with two attached hydrogens (primary N) is 1. The highest BCUT2D eigenvalue weighted by molar-refractivity contribution is 6.66. The number of hydrogen-bond donors (Lipinski definition) is 4. The van der Waals surface area contributed by atoms with Crippen LogP contribution in [-0.2, 0) is 23.7 Å². The predicted molar refractivity (Wildman–Crippen MR) is 316 cm³/mol. The third-order valence-electron chi connectivity index (χ3n) is 14.6. The molecule has 0 radical (unpaired) electrons. The molecule has 4 aliphatic rings. The van der Waals surface area contributed by atoms with E-state index in [4.69, 9.17) is 36.8 Å². The van der Waals surface area contributed by atoms with Crippen LogP contribution in [-0.4, -0.2) is 129 Å². The molecule has 78 heavy (non-hydrogen) atoms. The van der Waals surface area contributed by atoms with Crippen molar-refractivity contribution in [3.63, 3.8) is 0 Å². The van der Waals surface area contributed by atoms with Gasteiger partial charge in [0.15, 0.2) is 0 Å². The van der Waals surface area contributed by atoms with Crippen LogP contribution in [0, 0.1) is 0 Å². The van der Waals surface area contributed by atoms with Gasteiger partial charge in [-0.25, -0.2) is 19.9 Å². The van der Waals surface area contributed by atoms with E-state index < -0.39 is 5.24 Å². The second-order valence-electron chi connectivity index (χ2n) is 19.4. The lowest BCUT2D eigenvalue weighted by atomic mass is 10.0. The third-order valence-corrected chi connectivity index (χ3v) is 14.8. The molecule has 4 aromatic carbocycles. The number of fused-ring (bicyclic) bond motifs is 2. The van der Waals surface area contributed by atoms with Crippen LogP contribution in [0.1, 0.15) is 20.3 Å². The van der Waals surface area contributed by atoms with Gasteiger partial charge in [-0.15, -0.1) is 0 Å². The predicted octanol–water partition coefficient (Wildman–Crippen LogP) is 9.84. The van der Waals surface area contributed by atoms with Crippen LogP contribution in [0.5, 0.6) is 11.5 Å². The van der Waals surface area contributed by atoms with E-state index in [0.717, 1.165) is 105 Å². The number of allylic oxidation sites excluding steroid dienone is 1. The molecule has 8 heterocycles. The van der Waals surface area contributed by atoms with Crippen molar-refractivity contribution in [2.75, 3.05) is 98.1 Å². The van der Waals surface area contributed by atoms with Crippen molar-refractivity contribution < 1.29 is 19.1 Å². The van der Waals surface area contributed by atoms with E-state index in [1.54, 1.807) is 26.6 Å². The van der Waals surface area contributed by atoms with E-state index in [1.807, 2.05) is 74.8 Å². The van der Waals surface area contributed by atoms with Crippen LogP contribution in [0.25, 0.3) is 44.3 Å². The van der Waals surface area contributed by atoms with Gasteiger partial charge in [0.1, 0.15) is 11.5 Å². The van der Waals surface area contributed by atoms with Crippen molar-refractivity contribution in [3.05, 3.63) is 135 Å². The number of para-hydroxylation sites is 2. The second kappa shape index (κ2) is 23.8. The Morgan fingerprint density at radius 3 is 1.54 bits per heavy atom. The Morgan fingerprint density at radius 1 is 0.654 bits per heavy atom. The average molecular weight is 1070 g/mol. The van der Waals surface area contributed by atoms with Crippen molar-refractivity contribution in [3.8, 4) is 34.0 Å². The number of amides is 1. The summed E-state index contributed by atoms with van der Waals surface area (Å²) in [7, 11) is 7.39. The van der Waals surface area contributed by atoms with Gasteiger partial charge >= 0.3 is 0 Å². The minimum atomic E-state index is -0.509. The number of nitrogen functional groups attached to an aromatic ring is 1. The average Bonchev–Trinajstić information content (AvgIpc) is 3.97. The Balaban J connectivity index is 0.000000173. The number of likely N-dealkylation sites (tertiary alicyclic amines) is 2. The lowest BCUT2D eigenvalue weighted by molar-refractivity contribution is -0.112. The van der Waals surface area contributed by atoms with Crippen molar-refractivity contribution in [2.45, 2.75) is 32.4 Å². The molecular weight excluding hydrogens is 1000 g/mol. The SMILES string of the molecule is C.C=CC(=O)Cl.C=CC(=O)Nc1cc(Nc2nccc(-c3cn(C)c4ccccc34)n2)c(OC)cc1N1CC(N2CCC2)C1.COc1cc(N2CC(N3CCC3)C2)c(N)cc1Nc1nccc(-c2cn(C)c3ccccc23)n1. The molecule has 4 aromatic heterocycles. The number of nitrogens with one attached hydrogen (secondary N) is 3. The summed E-state index contributed by atoms with van der Waals surface area (Å²) in [6, 6.07) is 29.4. The molecule has 8 aromatic rings. The Labute approximate surface area is 460 Å². The molecule has 4 fully saturated rings. The fraction of sp³-hybridized carbons (Fsp3) is 0.288. The summed E-state index contributed by atoms with van der Waals surface area (Å²) in [4.78, 5) is 49.9. The number of carbonyl (C=O) groups excluding carboxylic acids is 2. The molecule has 12 rings (SSSR count). The van der Waals surface area contributed by atoms with Crippen molar-refractivity contribution in [1.82, 2.24) is 38.9 Å². The first-order valence-electron chi connectivity index (χ1n) is 25.6. The highest BCUT2D eigenvalue weighted by Gasteiger charge is 2.37. The largest absolute Gasteiger partial charge is 0.494 e. The summed E-state index contributed by atoms with van der Waals surface area (Å²) >= 11 is 4.71. The summed E-state index contributed by atoms with van der Waals surface area (Å²) in [5.41, 5.74) is 17.3. The fourth-order valence-corrected chi connectivity index (χ4v) is 10.2. The topological polar surface area (TPSA) is 189 Å². The van der Waals surface area contributed by atoms with E-state index in [1.165, 1.54) is 45.1 Å². The Kier molecular flexibility index (Phi) is 16.6. The number of aryl methyl sites for hydroxylation is 2. The van der Waals surface area contributed by atoms with E-state index >= 15 is 0 Å². The maximum Gasteiger partial charge on any atom is 0.247 e. The highest BCUT2D eigenvalue weighted by atomic mass is 35.5. The van der Waals surface area contributed by atoms with Crippen LogP contribution < -0.4 is 41.0 Å². The molecule has 0 saturated carbocycles. The van der Waals surface area contributed by atoms with Gasteiger partial charge in [0.2, 0.25) is 23.0 Å². The lowest BCUT2D eigenvalue weighted by Crippen LogP contribution is -2.63. The molecule has 1 amide bonds. The van der Waals surface area contributed by atoms with Gasteiger partial charge in [-0.1, -0.05) is 57.0 Å². The number of anilines is 8. The molecule has 404 valence electrons. The number of rotatable bonds is 15. The highest BCUT2D eigenvalue weighted by Crippen LogP contribution is 2.42. The summed E-state index contributed by atoms with van der Waals surface area (Å²) in [6.45, 7) is 15.3. The zero-order valence-corrected chi connectivity index (χ0v) is 44.5. The number of carbonyl (C=O) groups is 2. The molecule has 0 spiro atoms. The lowest BCUT2D eigenvalue weighted by Gasteiger charge is -2.50. The molecule has 4 saturated heterocycles. The molecule has 0 bridgehead atoms. The van der Waals surface area contributed by atoms with Crippen LogP contribution in [0.4, 0.5) is 46.0 Å². The van der Waals surface area contributed by atoms with Crippen LogP contribution in [0.15, 0.2) is 135 Å². The van der Waals surface area contributed by atoms with E-state index in [2.05, 4.69) is 104 Å². The monoisotopic (exact) mass is 1070 g/mol. The zero-order chi connectivity index (χ0) is 53.7. The number of nitrogens with zero attached hydrogens (tertiary/aromatic N) is 10. The minimum Gasteiger partial charge on any atom is -0.494 e. The second-order valence-corrected chi connectivity index (χ2v) is 19.8. The van der Waals surface area contributed by atoms with Gasteiger partial charge in [-0.2, -0.15) is 0 Å². The van der Waals surface area contributed by atoms with Gasteiger partial charge in [-0.3, -0.25) is 19.4 Å². The van der Waals surface area contributed by atoms with E-state index in [9.17, 15) is 9.59 Å². The fourth-order valence-electron chi connectivity index (χ4n) is 10.2. The molecular formula is C59H67ClN14O4. The normalized spacial score (nSPS) is 15.1. The quantitative estimate of drug-likeness (QED) is 0.0431. The van der Waals surface area contributed by atoms with Crippen molar-refractivity contribution in [2.24, 2.45) is 14.1 Å². The number of methoxy groups -OCH3 is 2. The number of aromatic nitrogens is 6. The van der Waals surface area contributed by atoms with Crippen LogP contribution in [0.3, 0.4) is 0 Å². The zero-order valence-electron chi connectivity index (χ0n) is 43.7. The van der Waals surface area contributed by atoms with Crippen LogP contribution >= 0.6 is 11.6 Å². The molecule has 19 heteroatoms. The Bertz CT molecular complexity index is 3490. The third kappa shape index (κ3) is 11.5. The molecule has 18 nitrogen and oxygen atoms in total. The van der Waals surface area contributed by atoms with E-state index in [-0.39, 0.29) is 13.3 Å². The van der Waals surface area contributed by atoms with Gasteiger partial charge in [0.05, 0.1) is 59.7 Å². The molecule has 0 unspecified atom stereocenters. The minimum absolute atomic E-state index is 0. The summed E-state index contributed by atoms with van der Waals surface area (Å²) in [5.74, 6) is 2.03. The first-order chi connectivity index (χ1) is 37.4. The van der Waals surface area contributed by atoms with Gasteiger partial charge in [-0.05, 0) is 99.2 Å². The number of ether oxygens (including phenoxy) is 2. The van der Waals surface area contributed by atoms with Gasteiger partial charge < -0.3 is 50.1 Å². The molecule has 0 atom stereocenters. The number of halogens is 1. The first kappa shape index (κ1) is 54.3.